The van der Waals surface area contributed by atoms with Gasteiger partial charge in [-0.1, -0.05) is 65.3 Å². The number of carboxylic acids is 1. The molecule has 0 saturated carbocycles. The fourth-order valence-corrected chi connectivity index (χ4v) is 3.86. The number of carbonyl (C=O) groups is 1. The zero-order valence-corrected chi connectivity index (χ0v) is 18.4. The van der Waals surface area contributed by atoms with E-state index in [0.717, 1.165) is 11.1 Å². The maximum absolute atomic E-state index is 12.6. The van der Waals surface area contributed by atoms with E-state index >= 15 is 0 Å². The van der Waals surface area contributed by atoms with E-state index in [1.807, 2.05) is 36.4 Å². The number of fused-ring (bicyclic) bond motifs is 1. The normalized spacial score (nSPS) is 13.0. The molecule has 4 aromatic rings. The van der Waals surface area contributed by atoms with Crippen molar-refractivity contribution in [2.24, 2.45) is 5.92 Å². The minimum absolute atomic E-state index is 0.0192. The van der Waals surface area contributed by atoms with Crippen LogP contribution in [-0.2, 0) is 11.3 Å². The van der Waals surface area contributed by atoms with E-state index in [1.54, 1.807) is 36.4 Å². The van der Waals surface area contributed by atoms with Gasteiger partial charge in [0.2, 0.25) is 0 Å². The first-order valence-electron chi connectivity index (χ1n) is 10.5. The molecular weight excluding hydrogens is 442 g/mol. The van der Waals surface area contributed by atoms with Crippen molar-refractivity contribution in [2.45, 2.75) is 25.5 Å². The molecule has 168 valence electrons. The van der Waals surface area contributed by atoms with Gasteiger partial charge in [-0.05, 0) is 53.8 Å². The fourth-order valence-electron chi connectivity index (χ4n) is 3.74. The van der Waals surface area contributed by atoms with Crippen LogP contribution < -0.4 is 5.56 Å². The summed E-state index contributed by atoms with van der Waals surface area (Å²) in [4.78, 5) is 24.4. The highest BCUT2D eigenvalue weighted by molar-refractivity contribution is 6.30. The minimum atomic E-state index is -1.03. The second-order valence-electron chi connectivity index (χ2n) is 7.84. The lowest BCUT2D eigenvalue weighted by atomic mass is 9.93. The van der Waals surface area contributed by atoms with E-state index in [2.05, 4.69) is 10.3 Å². The molecule has 8 heteroatoms. The SMILES string of the molecule is O=C(O)C(CCn1nnc2ccccc2c1=O)CC(O)c1ccc(-c2ccc(Cl)cc2)cc1. The second-order valence-corrected chi connectivity index (χ2v) is 8.28. The number of aliphatic hydroxyl groups is 1. The standard InChI is InChI=1S/C25H22ClN3O4/c26-20-11-9-17(10-12-20)16-5-7-18(8-6-16)23(30)15-19(25(32)33)13-14-29-24(31)21-3-1-2-4-22(21)27-28-29/h1-12,19,23,30H,13-15H2,(H,32,33). The van der Waals surface area contributed by atoms with Gasteiger partial charge >= 0.3 is 5.97 Å². The summed E-state index contributed by atoms with van der Waals surface area (Å²) in [6.07, 6.45) is -0.794. The third kappa shape index (κ3) is 5.27. The highest BCUT2D eigenvalue weighted by Crippen LogP contribution is 2.27. The number of carboxylic acid groups (broad SMARTS) is 1. The number of rotatable bonds is 8. The maximum atomic E-state index is 12.6. The molecule has 0 bridgehead atoms. The molecule has 1 heterocycles. The number of aliphatic hydroxyl groups excluding tert-OH is 1. The van der Waals surface area contributed by atoms with E-state index in [-0.39, 0.29) is 24.9 Å². The van der Waals surface area contributed by atoms with Crippen LogP contribution in [0.4, 0.5) is 0 Å². The fraction of sp³-hybridized carbons (Fsp3) is 0.200. The van der Waals surface area contributed by atoms with Crippen LogP contribution in [0.15, 0.2) is 77.6 Å². The van der Waals surface area contributed by atoms with Crippen molar-refractivity contribution < 1.29 is 15.0 Å². The van der Waals surface area contributed by atoms with Crippen molar-refractivity contribution >= 4 is 28.5 Å². The van der Waals surface area contributed by atoms with Gasteiger partial charge in [0.05, 0.1) is 17.4 Å². The molecular formula is C25H22ClN3O4. The quantitative estimate of drug-likeness (QED) is 0.403. The monoisotopic (exact) mass is 463 g/mol. The third-order valence-corrected chi connectivity index (χ3v) is 5.90. The molecule has 0 spiro atoms. The molecule has 7 nitrogen and oxygen atoms in total. The van der Waals surface area contributed by atoms with Crippen molar-refractivity contribution in [1.82, 2.24) is 15.0 Å². The van der Waals surface area contributed by atoms with Crippen molar-refractivity contribution in [1.29, 1.82) is 0 Å². The zero-order chi connectivity index (χ0) is 23.4. The van der Waals surface area contributed by atoms with E-state index in [1.165, 1.54) is 4.68 Å². The van der Waals surface area contributed by atoms with Crippen LogP contribution in [0.5, 0.6) is 0 Å². The number of aryl methyl sites for hydroxylation is 1. The molecule has 3 aromatic carbocycles. The molecule has 0 radical (unpaired) electrons. The van der Waals surface area contributed by atoms with Crippen LogP contribution >= 0.6 is 11.6 Å². The molecule has 0 aliphatic heterocycles. The summed E-state index contributed by atoms with van der Waals surface area (Å²) >= 11 is 5.93. The highest BCUT2D eigenvalue weighted by Gasteiger charge is 2.23. The number of aromatic nitrogens is 3. The van der Waals surface area contributed by atoms with Gasteiger partial charge in [0.25, 0.3) is 5.56 Å². The lowest BCUT2D eigenvalue weighted by molar-refractivity contribution is -0.143. The van der Waals surface area contributed by atoms with E-state index in [4.69, 9.17) is 11.6 Å². The number of halogens is 1. The molecule has 2 N–H and O–H groups in total. The van der Waals surface area contributed by atoms with E-state index in [9.17, 15) is 19.8 Å². The first-order valence-corrected chi connectivity index (χ1v) is 10.9. The van der Waals surface area contributed by atoms with E-state index < -0.39 is 18.0 Å². The van der Waals surface area contributed by atoms with Crippen LogP contribution in [0.3, 0.4) is 0 Å². The molecule has 0 saturated heterocycles. The smallest absolute Gasteiger partial charge is 0.306 e. The zero-order valence-electron chi connectivity index (χ0n) is 17.6. The predicted octanol–water partition coefficient (Wildman–Crippen LogP) is 4.33. The van der Waals surface area contributed by atoms with E-state index in [0.29, 0.717) is 21.5 Å². The first kappa shape index (κ1) is 22.6. The Balaban J connectivity index is 1.43. The molecule has 1 aromatic heterocycles. The number of benzene rings is 3. The van der Waals surface area contributed by atoms with Crippen LogP contribution in [0.1, 0.15) is 24.5 Å². The predicted molar refractivity (Wildman–Crippen MR) is 126 cm³/mol. The van der Waals surface area contributed by atoms with Gasteiger partial charge < -0.3 is 10.2 Å². The van der Waals surface area contributed by atoms with Gasteiger partial charge in [0.15, 0.2) is 0 Å². The van der Waals surface area contributed by atoms with Crippen LogP contribution in [-0.4, -0.2) is 31.2 Å². The summed E-state index contributed by atoms with van der Waals surface area (Å²) in [7, 11) is 0. The number of hydrogen-bond acceptors (Lipinski definition) is 5. The Kier molecular flexibility index (Phi) is 6.82. The van der Waals surface area contributed by atoms with Gasteiger partial charge in [0, 0.05) is 11.6 Å². The molecule has 33 heavy (non-hydrogen) atoms. The Bertz CT molecular complexity index is 1320. The van der Waals surface area contributed by atoms with Crippen molar-refractivity contribution in [3.05, 3.63) is 93.7 Å². The molecule has 4 rings (SSSR count). The Hall–Kier alpha value is -3.55. The molecule has 0 aliphatic rings. The second kappa shape index (κ2) is 9.94. The summed E-state index contributed by atoms with van der Waals surface area (Å²) < 4.78 is 1.17. The summed E-state index contributed by atoms with van der Waals surface area (Å²) in [5, 5.41) is 29.3. The first-order chi connectivity index (χ1) is 15.9. The Morgan fingerprint density at radius 1 is 0.970 bits per heavy atom. The average molecular weight is 464 g/mol. The van der Waals surface area contributed by atoms with Crippen LogP contribution in [0, 0.1) is 5.92 Å². The summed E-state index contributed by atoms with van der Waals surface area (Å²) in [5.74, 6) is -1.88. The lowest BCUT2D eigenvalue weighted by Gasteiger charge is -2.18. The molecule has 0 aliphatic carbocycles. The van der Waals surface area contributed by atoms with Gasteiger partial charge in [-0.3, -0.25) is 9.59 Å². The Morgan fingerprint density at radius 3 is 2.27 bits per heavy atom. The Morgan fingerprint density at radius 2 is 1.61 bits per heavy atom. The summed E-state index contributed by atoms with van der Waals surface area (Å²) in [6.45, 7) is 0.0931. The van der Waals surface area contributed by atoms with Crippen molar-refractivity contribution in [2.75, 3.05) is 0 Å². The largest absolute Gasteiger partial charge is 0.481 e. The van der Waals surface area contributed by atoms with Gasteiger partial charge in [-0.25, -0.2) is 4.68 Å². The lowest BCUT2D eigenvalue weighted by Crippen LogP contribution is -2.27. The molecule has 0 fully saturated rings. The minimum Gasteiger partial charge on any atom is -0.481 e. The third-order valence-electron chi connectivity index (χ3n) is 5.65. The number of aliphatic carboxylic acids is 1. The maximum Gasteiger partial charge on any atom is 0.306 e. The molecule has 0 amide bonds. The van der Waals surface area contributed by atoms with Gasteiger partial charge in [-0.15, -0.1) is 5.10 Å². The Labute approximate surface area is 194 Å². The van der Waals surface area contributed by atoms with Crippen LogP contribution in [0.25, 0.3) is 22.0 Å². The molecule has 2 atom stereocenters. The number of nitrogens with zero attached hydrogens (tertiary/aromatic N) is 3. The highest BCUT2D eigenvalue weighted by atomic mass is 35.5. The van der Waals surface area contributed by atoms with Crippen molar-refractivity contribution in [3.8, 4) is 11.1 Å². The summed E-state index contributed by atoms with van der Waals surface area (Å²) in [6, 6.07) is 21.6. The average Bonchev–Trinajstić information content (AvgIpc) is 2.83. The van der Waals surface area contributed by atoms with Gasteiger partial charge in [-0.2, -0.15) is 0 Å². The summed E-state index contributed by atoms with van der Waals surface area (Å²) in [5.41, 5.74) is 2.76. The topological polar surface area (TPSA) is 105 Å². The van der Waals surface area contributed by atoms with Crippen LogP contribution in [0.2, 0.25) is 5.02 Å². The number of hydrogen-bond donors (Lipinski definition) is 2. The molecule has 2 unspecified atom stereocenters. The van der Waals surface area contributed by atoms with Crippen molar-refractivity contribution in [3.63, 3.8) is 0 Å². The van der Waals surface area contributed by atoms with Gasteiger partial charge in [0.1, 0.15) is 5.52 Å².